The lowest BCUT2D eigenvalue weighted by molar-refractivity contribution is -0.0366. The molecule has 1 saturated heterocycles. The molecular formula is C24H22ClN7O. The summed E-state index contributed by atoms with van der Waals surface area (Å²) in [6.45, 7) is 0.762. The van der Waals surface area contributed by atoms with Gasteiger partial charge in [0.2, 0.25) is 0 Å². The van der Waals surface area contributed by atoms with Crippen LogP contribution >= 0.6 is 11.6 Å². The monoisotopic (exact) mass is 459 g/mol. The number of anilines is 3. The molecule has 166 valence electrons. The van der Waals surface area contributed by atoms with E-state index in [-0.39, 0.29) is 6.23 Å². The predicted octanol–water partition coefficient (Wildman–Crippen LogP) is 5.45. The second-order valence-electron chi connectivity index (χ2n) is 8.15. The van der Waals surface area contributed by atoms with Crippen molar-refractivity contribution in [3.05, 3.63) is 66.1 Å². The minimum absolute atomic E-state index is 0.0438. The van der Waals surface area contributed by atoms with Gasteiger partial charge in [-0.05, 0) is 49.6 Å². The number of hydrogen-bond donors (Lipinski definition) is 2. The summed E-state index contributed by atoms with van der Waals surface area (Å²) in [5.74, 6) is 0.692. The van der Waals surface area contributed by atoms with E-state index in [4.69, 9.17) is 27.2 Å². The summed E-state index contributed by atoms with van der Waals surface area (Å²) in [5, 5.41) is 15.2. The van der Waals surface area contributed by atoms with E-state index in [0.29, 0.717) is 16.5 Å². The van der Waals surface area contributed by atoms with Gasteiger partial charge in [-0.15, -0.1) is 5.10 Å². The quantitative estimate of drug-likeness (QED) is 0.371. The predicted molar refractivity (Wildman–Crippen MR) is 130 cm³/mol. The molecule has 0 saturated carbocycles. The molecule has 2 aromatic carbocycles. The van der Waals surface area contributed by atoms with E-state index < -0.39 is 0 Å². The summed E-state index contributed by atoms with van der Waals surface area (Å²) in [5.41, 5.74) is 9.96. The highest BCUT2D eigenvalue weighted by molar-refractivity contribution is 6.38. The highest BCUT2D eigenvalue weighted by Gasteiger charge is 2.21. The number of pyridine rings is 1. The maximum atomic E-state index is 6.82. The molecule has 0 bridgehead atoms. The van der Waals surface area contributed by atoms with Crippen LogP contribution in [-0.4, -0.2) is 31.2 Å². The number of aromatic nitrogens is 5. The molecule has 1 fully saturated rings. The number of benzene rings is 2. The second kappa shape index (κ2) is 8.06. The molecule has 0 aliphatic carbocycles. The van der Waals surface area contributed by atoms with Crippen molar-refractivity contribution in [3.8, 4) is 5.69 Å². The van der Waals surface area contributed by atoms with E-state index in [2.05, 4.69) is 15.4 Å². The molecule has 3 N–H and O–H groups in total. The largest absolute Gasteiger partial charge is 0.397 e. The first-order chi connectivity index (χ1) is 16.2. The number of ether oxygens (including phenoxy) is 1. The fourth-order valence-electron chi connectivity index (χ4n) is 4.37. The van der Waals surface area contributed by atoms with Gasteiger partial charge in [0.15, 0.2) is 12.0 Å². The highest BCUT2D eigenvalue weighted by atomic mass is 35.5. The van der Waals surface area contributed by atoms with Crippen molar-refractivity contribution in [1.29, 1.82) is 0 Å². The number of hydrogen-bond acceptors (Lipinski definition) is 6. The first-order valence-corrected chi connectivity index (χ1v) is 11.3. The summed E-state index contributed by atoms with van der Waals surface area (Å²) in [7, 11) is 0. The van der Waals surface area contributed by atoms with Crippen LogP contribution in [0.15, 0.2) is 61.1 Å². The number of nitrogens with two attached hydrogens (primary N) is 1. The lowest BCUT2D eigenvalue weighted by Gasteiger charge is -2.23. The number of para-hydroxylation sites is 1. The van der Waals surface area contributed by atoms with Gasteiger partial charge in [-0.3, -0.25) is 4.98 Å². The first-order valence-electron chi connectivity index (χ1n) is 10.9. The molecule has 33 heavy (non-hydrogen) atoms. The van der Waals surface area contributed by atoms with Crippen molar-refractivity contribution in [1.82, 2.24) is 24.5 Å². The lowest BCUT2D eigenvalue weighted by Crippen LogP contribution is -2.18. The number of fused-ring (bicyclic) bond motifs is 2. The molecule has 1 aliphatic rings. The third-order valence-corrected chi connectivity index (χ3v) is 6.38. The fourth-order valence-corrected chi connectivity index (χ4v) is 4.63. The van der Waals surface area contributed by atoms with Crippen molar-refractivity contribution in [3.63, 3.8) is 0 Å². The molecule has 1 atom stereocenters. The van der Waals surface area contributed by atoms with Gasteiger partial charge in [-0.25, -0.2) is 9.36 Å². The van der Waals surface area contributed by atoms with E-state index in [1.165, 1.54) is 0 Å². The molecule has 0 radical (unpaired) electrons. The van der Waals surface area contributed by atoms with Gasteiger partial charge in [0.05, 0.1) is 45.5 Å². The van der Waals surface area contributed by atoms with E-state index in [1.807, 2.05) is 51.8 Å². The third kappa shape index (κ3) is 3.48. The SMILES string of the molecule is Nc1cncc(-n2nc(Nc3ccc4c(cnn4C4CCCCO4)c3Cl)c3ccccc32)c1. The van der Waals surface area contributed by atoms with Crippen LogP contribution < -0.4 is 11.1 Å². The van der Waals surface area contributed by atoms with Crippen LogP contribution in [-0.2, 0) is 4.74 Å². The van der Waals surface area contributed by atoms with Crippen LogP contribution in [0.3, 0.4) is 0 Å². The summed E-state index contributed by atoms with van der Waals surface area (Å²) in [6.07, 6.45) is 8.29. The molecule has 0 amide bonds. The summed E-state index contributed by atoms with van der Waals surface area (Å²) < 4.78 is 9.67. The summed E-state index contributed by atoms with van der Waals surface area (Å²) in [4.78, 5) is 4.20. The average Bonchev–Trinajstić information content (AvgIpc) is 3.44. The van der Waals surface area contributed by atoms with Crippen molar-refractivity contribution in [2.24, 2.45) is 0 Å². The van der Waals surface area contributed by atoms with Crippen LogP contribution in [0.4, 0.5) is 17.2 Å². The van der Waals surface area contributed by atoms with Crippen LogP contribution in [0.25, 0.3) is 27.5 Å². The Labute approximate surface area is 194 Å². The van der Waals surface area contributed by atoms with E-state index in [1.54, 1.807) is 18.6 Å². The van der Waals surface area contributed by atoms with E-state index >= 15 is 0 Å². The molecule has 6 rings (SSSR count). The Hall–Kier alpha value is -3.62. The number of nitrogens with one attached hydrogen (secondary N) is 1. The smallest absolute Gasteiger partial charge is 0.160 e. The van der Waals surface area contributed by atoms with Gasteiger partial charge in [0, 0.05) is 23.6 Å². The van der Waals surface area contributed by atoms with Gasteiger partial charge in [-0.1, -0.05) is 23.7 Å². The van der Waals surface area contributed by atoms with E-state index in [0.717, 1.165) is 59.0 Å². The van der Waals surface area contributed by atoms with Crippen LogP contribution in [0.2, 0.25) is 5.02 Å². The molecule has 0 spiro atoms. The van der Waals surface area contributed by atoms with Gasteiger partial charge in [0.25, 0.3) is 0 Å². The molecule has 1 unspecified atom stereocenters. The maximum Gasteiger partial charge on any atom is 0.160 e. The summed E-state index contributed by atoms with van der Waals surface area (Å²) in [6, 6.07) is 13.8. The average molecular weight is 460 g/mol. The minimum Gasteiger partial charge on any atom is -0.397 e. The maximum absolute atomic E-state index is 6.82. The molecule has 5 aromatic rings. The van der Waals surface area contributed by atoms with Crippen LogP contribution in [0, 0.1) is 0 Å². The van der Waals surface area contributed by atoms with Crippen LogP contribution in [0.1, 0.15) is 25.5 Å². The minimum atomic E-state index is -0.0438. The Morgan fingerprint density at radius 2 is 1.94 bits per heavy atom. The molecule has 8 nitrogen and oxygen atoms in total. The Bertz CT molecular complexity index is 1470. The molecule has 1 aliphatic heterocycles. The van der Waals surface area contributed by atoms with E-state index in [9.17, 15) is 0 Å². The molecule has 4 heterocycles. The topological polar surface area (TPSA) is 95.8 Å². The highest BCUT2D eigenvalue weighted by Crippen LogP contribution is 2.36. The van der Waals surface area contributed by atoms with Crippen molar-refractivity contribution < 1.29 is 4.74 Å². The van der Waals surface area contributed by atoms with Crippen molar-refractivity contribution >= 4 is 50.6 Å². The zero-order valence-electron chi connectivity index (χ0n) is 17.8. The first kappa shape index (κ1) is 20.0. The Morgan fingerprint density at radius 3 is 2.79 bits per heavy atom. The zero-order chi connectivity index (χ0) is 22.4. The second-order valence-corrected chi connectivity index (χ2v) is 8.53. The number of nitrogens with zero attached hydrogens (tertiary/aromatic N) is 5. The number of rotatable bonds is 4. The number of halogens is 1. The van der Waals surface area contributed by atoms with Crippen molar-refractivity contribution in [2.45, 2.75) is 25.5 Å². The molecule has 3 aromatic heterocycles. The lowest BCUT2D eigenvalue weighted by atomic mass is 10.2. The fraction of sp³-hybridized carbons (Fsp3) is 0.208. The zero-order valence-corrected chi connectivity index (χ0v) is 18.5. The molecular weight excluding hydrogens is 438 g/mol. The van der Waals surface area contributed by atoms with Gasteiger partial charge in [0.1, 0.15) is 0 Å². The standard InChI is InChI=1S/C24H22ClN7O/c25-23-18-14-28-32(22-7-3-4-10-33-22)21(18)9-8-19(23)29-24-17-5-1-2-6-20(17)31(30-24)16-11-15(26)12-27-13-16/h1-2,5-6,8-9,11-14,22H,3-4,7,10,26H2,(H,29,30). The summed E-state index contributed by atoms with van der Waals surface area (Å²) >= 11 is 6.82. The Balaban J connectivity index is 1.40. The third-order valence-electron chi connectivity index (χ3n) is 5.97. The van der Waals surface area contributed by atoms with Gasteiger partial charge < -0.3 is 15.8 Å². The normalized spacial score (nSPS) is 16.5. The van der Waals surface area contributed by atoms with Gasteiger partial charge in [-0.2, -0.15) is 5.10 Å². The Morgan fingerprint density at radius 1 is 1.03 bits per heavy atom. The van der Waals surface area contributed by atoms with Gasteiger partial charge >= 0.3 is 0 Å². The van der Waals surface area contributed by atoms with Crippen LogP contribution in [0.5, 0.6) is 0 Å². The number of nitrogen functional groups attached to an aromatic ring is 1. The molecule has 9 heteroatoms. The Kier molecular flexibility index (Phi) is 4.89. The van der Waals surface area contributed by atoms with Crippen molar-refractivity contribution in [2.75, 3.05) is 17.7 Å².